The van der Waals surface area contributed by atoms with Crippen molar-refractivity contribution in [3.05, 3.63) is 35.4 Å². The van der Waals surface area contributed by atoms with Crippen molar-refractivity contribution in [1.82, 2.24) is 5.32 Å². The van der Waals surface area contributed by atoms with Crippen LogP contribution in [-0.4, -0.2) is 23.0 Å². The van der Waals surface area contributed by atoms with E-state index in [4.69, 9.17) is 10.9 Å². The number of amides is 1. The van der Waals surface area contributed by atoms with E-state index in [9.17, 15) is 13.6 Å². The van der Waals surface area contributed by atoms with Gasteiger partial charge in [0.25, 0.3) is 0 Å². The quantitative estimate of drug-likeness (QED) is 0.328. The summed E-state index contributed by atoms with van der Waals surface area (Å²) < 4.78 is 26.9. The highest BCUT2D eigenvalue weighted by atomic mass is 19.1. The molecule has 0 aliphatic heterocycles. The number of hydrogen-bond donors (Lipinski definition) is 3. The van der Waals surface area contributed by atoms with Crippen LogP contribution in [0.2, 0.25) is 0 Å². The Morgan fingerprint density at radius 1 is 1.45 bits per heavy atom. The van der Waals surface area contributed by atoms with Crippen molar-refractivity contribution in [2.75, 3.05) is 0 Å². The number of carbonyl (C=O) groups excluding carboxylic acids is 1. The summed E-state index contributed by atoms with van der Waals surface area (Å²) in [6.07, 6.45) is 1.28. The lowest BCUT2D eigenvalue weighted by Crippen LogP contribution is -2.46. The molecule has 7 heteroatoms. The Hall–Kier alpha value is -2.18. The molecular weight excluding hydrogens is 268 g/mol. The number of rotatable bonds is 5. The standard InChI is InChI=1S/C13H15F2N3O2/c14-9-2-1-3-10(15)8(9)6-11(19)17-12(7-4-5-7)13(16)18-20/h1-3,7,12,20H,4-6H2,(H2,16,18)(H,17,19). The van der Waals surface area contributed by atoms with Crippen LogP contribution >= 0.6 is 0 Å². The molecule has 0 heterocycles. The highest BCUT2D eigenvalue weighted by molar-refractivity contribution is 5.91. The zero-order chi connectivity index (χ0) is 14.7. The molecule has 5 nitrogen and oxygen atoms in total. The summed E-state index contributed by atoms with van der Waals surface area (Å²) in [6.45, 7) is 0. The van der Waals surface area contributed by atoms with Crippen molar-refractivity contribution in [2.24, 2.45) is 16.8 Å². The van der Waals surface area contributed by atoms with Crippen LogP contribution in [0.5, 0.6) is 0 Å². The normalized spacial score (nSPS) is 16.8. The van der Waals surface area contributed by atoms with Crippen LogP contribution in [0.25, 0.3) is 0 Å². The second-order valence-electron chi connectivity index (χ2n) is 4.78. The first-order chi connectivity index (χ1) is 9.52. The van der Waals surface area contributed by atoms with Crippen molar-refractivity contribution in [3.63, 3.8) is 0 Å². The minimum atomic E-state index is -0.771. The Kier molecular flexibility index (Phi) is 4.16. The van der Waals surface area contributed by atoms with Gasteiger partial charge in [0.2, 0.25) is 5.91 Å². The van der Waals surface area contributed by atoms with Crippen LogP contribution in [0.15, 0.2) is 23.4 Å². The summed E-state index contributed by atoms with van der Waals surface area (Å²) in [7, 11) is 0. The molecule has 0 radical (unpaired) electrons. The number of nitrogens with one attached hydrogen (secondary N) is 1. The minimum absolute atomic E-state index is 0.102. The number of carbonyl (C=O) groups is 1. The predicted octanol–water partition coefficient (Wildman–Crippen LogP) is 1.15. The largest absolute Gasteiger partial charge is 0.409 e. The van der Waals surface area contributed by atoms with Gasteiger partial charge in [0, 0.05) is 5.56 Å². The predicted molar refractivity (Wildman–Crippen MR) is 68.1 cm³/mol. The van der Waals surface area contributed by atoms with E-state index in [1.54, 1.807) is 0 Å². The Balaban J connectivity index is 2.05. The summed E-state index contributed by atoms with van der Waals surface area (Å²) in [5, 5.41) is 14.1. The Labute approximate surface area is 114 Å². The fourth-order valence-electron chi connectivity index (χ4n) is 2.01. The number of oxime groups is 1. The molecule has 0 bridgehead atoms. The summed E-state index contributed by atoms with van der Waals surface area (Å²) in [5.41, 5.74) is 5.20. The molecule has 1 aromatic rings. The van der Waals surface area contributed by atoms with E-state index in [1.165, 1.54) is 6.07 Å². The average Bonchev–Trinajstić information content (AvgIpc) is 3.24. The Morgan fingerprint density at radius 3 is 2.55 bits per heavy atom. The number of nitrogens with two attached hydrogens (primary N) is 1. The molecule has 1 fully saturated rings. The van der Waals surface area contributed by atoms with Crippen molar-refractivity contribution >= 4 is 11.7 Å². The number of hydrogen-bond acceptors (Lipinski definition) is 3. The molecule has 1 aliphatic carbocycles. The van der Waals surface area contributed by atoms with Gasteiger partial charge >= 0.3 is 0 Å². The molecular formula is C13H15F2N3O2. The molecule has 1 aliphatic rings. The van der Waals surface area contributed by atoms with Crippen molar-refractivity contribution in [3.8, 4) is 0 Å². The minimum Gasteiger partial charge on any atom is -0.409 e. The molecule has 108 valence electrons. The molecule has 20 heavy (non-hydrogen) atoms. The lowest BCUT2D eigenvalue weighted by molar-refractivity contribution is -0.121. The first kappa shape index (κ1) is 14.2. The zero-order valence-corrected chi connectivity index (χ0v) is 10.6. The number of benzene rings is 1. The van der Waals surface area contributed by atoms with Crippen molar-refractivity contribution in [1.29, 1.82) is 0 Å². The molecule has 0 spiro atoms. The fraction of sp³-hybridized carbons (Fsp3) is 0.385. The van der Waals surface area contributed by atoms with Crippen LogP contribution in [0.4, 0.5) is 8.78 Å². The second kappa shape index (κ2) is 5.85. The van der Waals surface area contributed by atoms with E-state index >= 15 is 0 Å². The first-order valence-corrected chi connectivity index (χ1v) is 6.22. The van der Waals surface area contributed by atoms with E-state index < -0.39 is 30.0 Å². The molecule has 1 aromatic carbocycles. The van der Waals surface area contributed by atoms with Crippen LogP contribution in [-0.2, 0) is 11.2 Å². The highest BCUT2D eigenvalue weighted by Gasteiger charge is 2.35. The van der Waals surface area contributed by atoms with Gasteiger partial charge in [-0.15, -0.1) is 0 Å². The molecule has 1 unspecified atom stereocenters. The molecule has 0 saturated heterocycles. The SMILES string of the molecule is N/C(=N/O)C(NC(=O)Cc1c(F)cccc1F)C1CC1. The number of nitrogens with zero attached hydrogens (tertiary/aromatic N) is 1. The van der Waals surface area contributed by atoms with E-state index in [1.807, 2.05) is 0 Å². The van der Waals surface area contributed by atoms with Gasteiger partial charge in [0.15, 0.2) is 5.84 Å². The Morgan fingerprint density at radius 2 is 2.05 bits per heavy atom. The van der Waals surface area contributed by atoms with E-state index in [-0.39, 0.29) is 17.3 Å². The lowest BCUT2D eigenvalue weighted by atomic mass is 10.1. The maximum absolute atomic E-state index is 13.4. The fourth-order valence-corrected chi connectivity index (χ4v) is 2.01. The third-order valence-electron chi connectivity index (χ3n) is 3.24. The summed E-state index contributed by atoms with van der Waals surface area (Å²) in [6, 6.07) is 2.82. The van der Waals surface area contributed by atoms with Gasteiger partial charge in [-0.05, 0) is 30.9 Å². The third kappa shape index (κ3) is 3.23. The molecule has 1 atom stereocenters. The van der Waals surface area contributed by atoms with Gasteiger partial charge in [-0.3, -0.25) is 4.79 Å². The number of amidine groups is 1. The molecule has 4 N–H and O–H groups in total. The average molecular weight is 283 g/mol. The van der Waals surface area contributed by atoms with Crippen molar-refractivity contribution in [2.45, 2.75) is 25.3 Å². The smallest absolute Gasteiger partial charge is 0.225 e. The summed E-state index contributed by atoms with van der Waals surface area (Å²) in [5.74, 6) is -2.11. The van der Waals surface area contributed by atoms with Gasteiger partial charge in [0.05, 0.1) is 12.5 Å². The molecule has 1 saturated carbocycles. The maximum atomic E-state index is 13.4. The van der Waals surface area contributed by atoms with Crippen molar-refractivity contribution < 1.29 is 18.8 Å². The first-order valence-electron chi connectivity index (χ1n) is 6.22. The van der Waals surface area contributed by atoms with Crippen LogP contribution in [0.1, 0.15) is 18.4 Å². The summed E-state index contributed by atoms with van der Waals surface area (Å²) in [4.78, 5) is 11.8. The molecule has 2 rings (SSSR count). The highest BCUT2D eigenvalue weighted by Crippen LogP contribution is 2.32. The van der Waals surface area contributed by atoms with Gasteiger partial charge in [-0.1, -0.05) is 11.2 Å². The second-order valence-corrected chi connectivity index (χ2v) is 4.78. The van der Waals surface area contributed by atoms with Crippen LogP contribution < -0.4 is 11.1 Å². The topological polar surface area (TPSA) is 87.7 Å². The van der Waals surface area contributed by atoms with Gasteiger partial charge in [-0.25, -0.2) is 8.78 Å². The maximum Gasteiger partial charge on any atom is 0.225 e. The van der Waals surface area contributed by atoms with E-state index in [2.05, 4.69) is 10.5 Å². The van der Waals surface area contributed by atoms with E-state index in [0.29, 0.717) is 0 Å². The number of halogens is 2. The summed E-state index contributed by atoms with van der Waals surface area (Å²) >= 11 is 0. The van der Waals surface area contributed by atoms with Gasteiger partial charge < -0.3 is 16.3 Å². The third-order valence-corrected chi connectivity index (χ3v) is 3.24. The van der Waals surface area contributed by atoms with E-state index in [0.717, 1.165) is 25.0 Å². The monoisotopic (exact) mass is 283 g/mol. The van der Waals surface area contributed by atoms with Crippen LogP contribution in [0, 0.1) is 17.6 Å². The zero-order valence-electron chi connectivity index (χ0n) is 10.6. The van der Waals surface area contributed by atoms with Gasteiger partial charge in [-0.2, -0.15) is 0 Å². The van der Waals surface area contributed by atoms with Crippen LogP contribution in [0.3, 0.4) is 0 Å². The molecule has 0 aromatic heterocycles. The lowest BCUT2D eigenvalue weighted by Gasteiger charge is -2.16. The molecule has 1 amide bonds. The van der Waals surface area contributed by atoms with Gasteiger partial charge in [0.1, 0.15) is 11.6 Å². The Bertz CT molecular complexity index is 524.